The lowest BCUT2D eigenvalue weighted by atomic mass is 9.85. The first-order valence-corrected chi connectivity index (χ1v) is 6.33. The second kappa shape index (κ2) is 4.51. The van der Waals surface area contributed by atoms with Crippen molar-refractivity contribution in [2.45, 2.75) is 26.2 Å². The minimum Gasteiger partial charge on any atom is -0.385 e. The smallest absolute Gasteiger partial charge is 0.0380 e. The molecule has 0 aromatic heterocycles. The Balaban J connectivity index is 1.96. The highest BCUT2D eigenvalue weighted by atomic mass is 127. The monoisotopic (exact) mass is 301 g/mol. The van der Waals surface area contributed by atoms with E-state index in [0.717, 1.165) is 12.5 Å². The Hall–Kier alpha value is -0.250. The molecule has 0 heterocycles. The van der Waals surface area contributed by atoms with Crippen molar-refractivity contribution in [3.8, 4) is 0 Å². The van der Waals surface area contributed by atoms with E-state index in [0.29, 0.717) is 0 Å². The van der Waals surface area contributed by atoms with Crippen molar-refractivity contribution >= 4 is 28.3 Å². The maximum Gasteiger partial charge on any atom is 0.0380 e. The fraction of sp³-hybridized carbons (Fsp3) is 0.500. The van der Waals surface area contributed by atoms with Gasteiger partial charge in [-0.15, -0.1) is 0 Å². The minimum atomic E-state index is 0.923. The number of halogens is 1. The Bertz CT molecular complexity index is 318. The van der Waals surface area contributed by atoms with Crippen LogP contribution in [0.25, 0.3) is 0 Å². The van der Waals surface area contributed by atoms with E-state index >= 15 is 0 Å². The van der Waals surface area contributed by atoms with E-state index in [1.54, 1.807) is 0 Å². The summed E-state index contributed by atoms with van der Waals surface area (Å²) in [7, 11) is 0. The molecule has 1 N–H and O–H groups in total. The van der Waals surface area contributed by atoms with Gasteiger partial charge in [0.1, 0.15) is 0 Å². The van der Waals surface area contributed by atoms with Crippen molar-refractivity contribution in [3.05, 3.63) is 27.3 Å². The maximum atomic E-state index is 3.55. The number of aryl methyl sites for hydroxylation is 1. The van der Waals surface area contributed by atoms with Crippen LogP contribution in [0.1, 0.15) is 24.8 Å². The van der Waals surface area contributed by atoms with E-state index in [1.165, 1.54) is 34.1 Å². The molecular weight excluding hydrogens is 285 g/mol. The molecule has 0 spiro atoms. The summed E-state index contributed by atoms with van der Waals surface area (Å²) in [5.74, 6) is 0.923. The van der Waals surface area contributed by atoms with Gasteiger partial charge in [0.25, 0.3) is 0 Å². The number of benzene rings is 1. The summed E-state index contributed by atoms with van der Waals surface area (Å²) >= 11 is 2.36. The molecule has 0 bridgehead atoms. The Kier molecular flexibility index (Phi) is 3.31. The molecule has 0 radical (unpaired) electrons. The molecule has 1 aromatic rings. The molecule has 0 unspecified atom stereocenters. The maximum absolute atomic E-state index is 3.55. The zero-order valence-corrected chi connectivity index (χ0v) is 10.7. The van der Waals surface area contributed by atoms with Crippen LogP contribution in [-0.4, -0.2) is 6.54 Å². The van der Waals surface area contributed by atoms with Crippen molar-refractivity contribution in [2.24, 2.45) is 5.92 Å². The van der Waals surface area contributed by atoms with Crippen LogP contribution in [0.15, 0.2) is 18.2 Å². The first-order chi connectivity index (χ1) is 6.75. The number of hydrogen-bond donors (Lipinski definition) is 1. The first-order valence-electron chi connectivity index (χ1n) is 5.26. The van der Waals surface area contributed by atoms with Crippen molar-refractivity contribution < 1.29 is 0 Å². The Morgan fingerprint density at radius 1 is 1.43 bits per heavy atom. The number of rotatable bonds is 3. The van der Waals surface area contributed by atoms with Gasteiger partial charge < -0.3 is 5.32 Å². The van der Waals surface area contributed by atoms with Crippen LogP contribution in [0.3, 0.4) is 0 Å². The van der Waals surface area contributed by atoms with E-state index in [9.17, 15) is 0 Å². The van der Waals surface area contributed by atoms with Crippen LogP contribution in [0.2, 0.25) is 0 Å². The van der Waals surface area contributed by atoms with Crippen LogP contribution in [-0.2, 0) is 0 Å². The molecule has 2 heteroatoms. The summed E-state index contributed by atoms with van der Waals surface area (Å²) in [4.78, 5) is 0. The van der Waals surface area contributed by atoms with Crippen LogP contribution in [0.5, 0.6) is 0 Å². The zero-order valence-electron chi connectivity index (χ0n) is 8.52. The van der Waals surface area contributed by atoms with Crippen molar-refractivity contribution in [2.75, 3.05) is 11.9 Å². The highest BCUT2D eigenvalue weighted by Gasteiger charge is 2.16. The van der Waals surface area contributed by atoms with Crippen LogP contribution in [0, 0.1) is 16.4 Å². The van der Waals surface area contributed by atoms with Crippen molar-refractivity contribution in [3.63, 3.8) is 0 Å². The molecule has 0 aliphatic heterocycles. The van der Waals surface area contributed by atoms with Gasteiger partial charge in [-0.3, -0.25) is 0 Å². The summed E-state index contributed by atoms with van der Waals surface area (Å²) in [5.41, 5.74) is 2.66. The minimum absolute atomic E-state index is 0.923. The van der Waals surface area contributed by atoms with Gasteiger partial charge in [0, 0.05) is 15.8 Å². The fourth-order valence-electron chi connectivity index (χ4n) is 1.74. The van der Waals surface area contributed by atoms with Gasteiger partial charge in [-0.1, -0.05) is 12.5 Å². The Labute approximate surface area is 99.4 Å². The van der Waals surface area contributed by atoms with E-state index in [1.807, 2.05) is 0 Å². The molecule has 1 aliphatic rings. The highest BCUT2D eigenvalue weighted by Crippen LogP contribution is 2.27. The molecule has 1 fully saturated rings. The van der Waals surface area contributed by atoms with Crippen molar-refractivity contribution in [1.29, 1.82) is 0 Å². The third-order valence-corrected chi connectivity index (χ3v) is 3.68. The predicted molar refractivity (Wildman–Crippen MR) is 69.7 cm³/mol. The van der Waals surface area contributed by atoms with Crippen molar-refractivity contribution in [1.82, 2.24) is 0 Å². The average molecular weight is 301 g/mol. The molecule has 0 saturated heterocycles. The summed E-state index contributed by atoms with van der Waals surface area (Å²) in [6.07, 6.45) is 4.25. The molecule has 1 saturated carbocycles. The largest absolute Gasteiger partial charge is 0.385 e. The van der Waals surface area contributed by atoms with Gasteiger partial charge in [-0.05, 0) is 66.0 Å². The van der Waals surface area contributed by atoms with Crippen LogP contribution < -0.4 is 5.32 Å². The second-order valence-electron chi connectivity index (χ2n) is 4.14. The summed E-state index contributed by atoms with van der Waals surface area (Å²) < 4.78 is 1.31. The van der Waals surface area contributed by atoms with Crippen LogP contribution in [0.4, 0.5) is 5.69 Å². The quantitative estimate of drug-likeness (QED) is 0.837. The van der Waals surface area contributed by atoms with E-state index in [-0.39, 0.29) is 0 Å². The average Bonchev–Trinajstić information content (AvgIpc) is 2.08. The fourth-order valence-corrected chi connectivity index (χ4v) is 2.23. The normalized spacial score (nSPS) is 16.4. The zero-order chi connectivity index (χ0) is 9.97. The highest BCUT2D eigenvalue weighted by molar-refractivity contribution is 14.1. The van der Waals surface area contributed by atoms with Gasteiger partial charge in [-0.25, -0.2) is 0 Å². The van der Waals surface area contributed by atoms with Gasteiger partial charge in [0.2, 0.25) is 0 Å². The molecule has 1 aliphatic carbocycles. The van der Waals surface area contributed by atoms with Gasteiger partial charge in [0.15, 0.2) is 0 Å². The summed E-state index contributed by atoms with van der Waals surface area (Å²) in [6, 6.07) is 6.57. The summed E-state index contributed by atoms with van der Waals surface area (Å²) in [6.45, 7) is 3.32. The molecule has 76 valence electrons. The summed E-state index contributed by atoms with van der Waals surface area (Å²) in [5, 5.41) is 3.55. The first kappa shape index (κ1) is 10.3. The molecule has 2 rings (SSSR count). The number of hydrogen-bond acceptors (Lipinski definition) is 1. The Morgan fingerprint density at radius 2 is 2.21 bits per heavy atom. The Morgan fingerprint density at radius 3 is 2.86 bits per heavy atom. The van der Waals surface area contributed by atoms with E-state index < -0.39 is 0 Å². The number of anilines is 1. The van der Waals surface area contributed by atoms with Gasteiger partial charge in [0.05, 0.1) is 0 Å². The SMILES string of the molecule is Cc1ccc(I)cc1NCC1CCC1. The molecule has 1 aromatic carbocycles. The van der Waals surface area contributed by atoms with Gasteiger partial charge in [-0.2, -0.15) is 0 Å². The molecule has 0 amide bonds. The standard InChI is InChI=1S/C12H16IN/c1-9-5-6-11(13)7-12(9)14-8-10-3-2-4-10/h5-7,10,14H,2-4,8H2,1H3. The van der Waals surface area contributed by atoms with Gasteiger partial charge >= 0.3 is 0 Å². The van der Waals surface area contributed by atoms with E-state index in [2.05, 4.69) is 53.0 Å². The number of nitrogens with one attached hydrogen (secondary N) is 1. The molecule has 14 heavy (non-hydrogen) atoms. The van der Waals surface area contributed by atoms with E-state index in [4.69, 9.17) is 0 Å². The second-order valence-corrected chi connectivity index (χ2v) is 5.38. The molecule has 0 atom stereocenters. The molecule has 1 nitrogen and oxygen atoms in total. The van der Waals surface area contributed by atoms with Crippen LogP contribution >= 0.6 is 22.6 Å². The molecular formula is C12H16IN. The lowest BCUT2D eigenvalue weighted by Crippen LogP contribution is -2.21. The predicted octanol–water partition coefficient (Wildman–Crippen LogP) is 3.81. The third kappa shape index (κ3) is 2.41. The lowest BCUT2D eigenvalue weighted by Gasteiger charge is -2.26. The third-order valence-electron chi connectivity index (χ3n) is 3.01. The topological polar surface area (TPSA) is 12.0 Å². The lowest BCUT2D eigenvalue weighted by molar-refractivity contribution is 0.333.